The predicted octanol–water partition coefficient (Wildman–Crippen LogP) is 0.904. The molecule has 0 aliphatic carbocycles. The Morgan fingerprint density at radius 1 is 1.80 bits per heavy atom. The molecular weight excluding hydrogens is 132 g/mol. The van der Waals surface area contributed by atoms with Gasteiger partial charge in [0.15, 0.2) is 0 Å². The molecule has 4 heteroatoms. The Bertz CT molecular complexity index is 163. The highest BCUT2D eigenvalue weighted by molar-refractivity contribution is 5.92. The topological polar surface area (TPSA) is 50.7 Å². The van der Waals surface area contributed by atoms with Gasteiger partial charge in [-0.05, 0) is 13.0 Å². The summed E-state index contributed by atoms with van der Waals surface area (Å²) in [6, 6.07) is 0. The number of allylic oxidation sites excluding steroid dienone is 1. The fourth-order valence-electron chi connectivity index (χ4n) is 0.196. The second-order valence-corrected chi connectivity index (χ2v) is 1.57. The average Bonchev–Trinajstić information content (AvgIpc) is 1.99. The molecule has 0 unspecified atom stereocenters. The maximum atomic E-state index is 10.4. The molecule has 4 nitrogen and oxygen atoms in total. The largest absolute Gasteiger partial charge is 0.433 e. The number of rotatable bonds is 2. The van der Waals surface area contributed by atoms with Crippen LogP contribution in [-0.4, -0.2) is 18.9 Å². The average molecular weight is 142 g/mol. The third-order valence-corrected chi connectivity index (χ3v) is 0.772. The van der Waals surface area contributed by atoms with Gasteiger partial charge in [-0.2, -0.15) is 0 Å². The molecular formula is C6H10N2O2. The molecule has 0 spiro atoms. The lowest BCUT2D eigenvalue weighted by atomic mass is 10.4. The van der Waals surface area contributed by atoms with E-state index in [4.69, 9.17) is 0 Å². The first kappa shape index (κ1) is 8.68. The van der Waals surface area contributed by atoms with E-state index in [2.05, 4.69) is 21.9 Å². The van der Waals surface area contributed by atoms with Gasteiger partial charge in [-0.25, -0.2) is 4.79 Å². The van der Waals surface area contributed by atoms with Gasteiger partial charge in [-0.1, -0.05) is 11.7 Å². The van der Waals surface area contributed by atoms with Crippen LogP contribution in [0.1, 0.15) is 6.92 Å². The summed E-state index contributed by atoms with van der Waals surface area (Å²) in [6.45, 7) is 5.10. The highest BCUT2D eigenvalue weighted by Crippen LogP contribution is 1.81. The first-order valence-electron chi connectivity index (χ1n) is 2.76. The number of amides is 1. The Labute approximate surface area is 59.5 Å². The summed E-state index contributed by atoms with van der Waals surface area (Å²) in [7, 11) is 1.46. The Morgan fingerprint density at radius 2 is 2.40 bits per heavy atom. The lowest BCUT2D eigenvalue weighted by Gasteiger charge is -1.93. The van der Waals surface area contributed by atoms with Crippen molar-refractivity contribution in [2.24, 2.45) is 5.16 Å². The number of carbonyl (C=O) groups is 1. The van der Waals surface area contributed by atoms with Gasteiger partial charge in [0.1, 0.15) is 0 Å². The van der Waals surface area contributed by atoms with Gasteiger partial charge in [-0.3, -0.25) is 4.84 Å². The smallest absolute Gasteiger partial charge is 0.323 e. The normalized spacial score (nSPS) is 10.4. The molecule has 0 aliphatic rings. The minimum atomic E-state index is -0.582. The van der Waals surface area contributed by atoms with Crippen LogP contribution >= 0.6 is 0 Å². The molecule has 0 aliphatic heterocycles. The van der Waals surface area contributed by atoms with Crippen molar-refractivity contribution in [1.82, 2.24) is 5.32 Å². The van der Waals surface area contributed by atoms with E-state index in [9.17, 15) is 4.79 Å². The third-order valence-electron chi connectivity index (χ3n) is 0.772. The SMILES string of the molecule is C=C/C(C)=N\OC(=O)NC. The summed E-state index contributed by atoms with van der Waals surface area (Å²) in [4.78, 5) is 14.7. The molecule has 0 fully saturated rings. The van der Waals surface area contributed by atoms with Crippen molar-refractivity contribution >= 4 is 11.8 Å². The zero-order chi connectivity index (χ0) is 7.98. The van der Waals surface area contributed by atoms with Crippen LogP contribution in [0.3, 0.4) is 0 Å². The molecule has 0 radical (unpaired) electrons. The van der Waals surface area contributed by atoms with E-state index in [0.717, 1.165) is 0 Å². The first-order valence-corrected chi connectivity index (χ1v) is 2.76. The minimum Gasteiger partial charge on any atom is -0.323 e. The van der Waals surface area contributed by atoms with Gasteiger partial charge < -0.3 is 5.32 Å². The Morgan fingerprint density at radius 3 is 2.80 bits per heavy atom. The monoisotopic (exact) mass is 142 g/mol. The number of nitrogens with one attached hydrogen (secondary N) is 1. The molecule has 0 aromatic rings. The van der Waals surface area contributed by atoms with Crippen LogP contribution in [0.5, 0.6) is 0 Å². The number of oxime groups is 1. The number of hydrogen-bond acceptors (Lipinski definition) is 3. The summed E-state index contributed by atoms with van der Waals surface area (Å²) in [5.41, 5.74) is 0.559. The molecule has 1 amide bonds. The Balaban J connectivity index is 3.71. The zero-order valence-electron chi connectivity index (χ0n) is 6.05. The number of nitrogens with zero attached hydrogens (tertiary/aromatic N) is 1. The van der Waals surface area contributed by atoms with E-state index >= 15 is 0 Å². The molecule has 0 saturated carbocycles. The van der Waals surface area contributed by atoms with Gasteiger partial charge in [0.2, 0.25) is 0 Å². The van der Waals surface area contributed by atoms with Gasteiger partial charge in [0.05, 0.1) is 5.71 Å². The first-order chi connectivity index (χ1) is 4.70. The summed E-state index contributed by atoms with van der Waals surface area (Å²) in [6.07, 6.45) is 0.907. The van der Waals surface area contributed by atoms with Gasteiger partial charge in [0, 0.05) is 7.05 Å². The standard InChI is InChI=1S/C6H10N2O2/c1-4-5(2)8-10-6(9)7-3/h4H,1H2,2-3H3,(H,7,9)/b8-5-. The molecule has 0 aromatic heterocycles. The van der Waals surface area contributed by atoms with Crippen molar-refractivity contribution in [2.75, 3.05) is 7.05 Å². The van der Waals surface area contributed by atoms with Crippen LogP contribution in [0.25, 0.3) is 0 Å². The van der Waals surface area contributed by atoms with E-state index in [1.165, 1.54) is 13.1 Å². The lowest BCUT2D eigenvalue weighted by Crippen LogP contribution is -2.17. The maximum Gasteiger partial charge on any atom is 0.433 e. The molecule has 0 aromatic carbocycles. The summed E-state index contributed by atoms with van der Waals surface area (Å²) in [5, 5.41) is 5.64. The van der Waals surface area contributed by atoms with E-state index in [1.54, 1.807) is 6.92 Å². The molecule has 0 bridgehead atoms. The lowest BCUT2D eigenvalue weighted by molar-refractivity contribution is 0.153. The van der Waals surface area contributed by atoms with E-state index in [-0.39, 0.29) is 0 Å². The number of carbonyl (C=O) groups excluding carboxylic acids is 1. The fraction of sp³-hybridized carbons (Fsp3) is 0.333. The molecule has 0 heterocycles. The quantitative estimate of drug-likeness (QED) is 0.354. The minimum absolute atomic E-state index is 0.559. The van der Waals surface area contributed by atoms with Crippen LogP contribution in [0, 0.1) is 0 Å². The van der Waals surface area contributed by atoms with Crippen molar-refractivity contribution < 1.29 is 9.63 Å². The van der Waals surface area contributed by atoms with Crippen LogP contribution in [0.4, 0.5) is 4.79 Å². The van der Waals surface area contributed by atoms with Crippen molar-refractivity contribution in [3.63, 3.8) is 0 Å². The Kier molecular flexibility index (Phi) is 3.95. The summed E-state index contributed by atoms with van der Waals surface area (Å²) >= 11 is 0. The maximum absolute atomic E-state index is 10.4. The van der Waals surface area contributed by atoms with Crippen LogP contribution in [0.2, 0.25) is 0 Å². The van der Waals surface area contributed by atoms with Crippen molar-refractivity contribution in [3.05, 3.63) is 12.7 Å². The molecule has 1 N–H and O–H groups in total. The zero-order valence-corrected chi connectivity index (χ0v) is 6.05. The summed E-state index contributed by atoms with van der Waals surface area (Å²) in [5.74, 6) is 0. The second-order valence-electron chi connectivity index (χ2n) is 1.57. The second kappa shape index (κ2) is 4.55. The van der Waals surface area contributed by atoms with E-state index < -0.39 is 6.09 Å². The molecule has 0 rings (SSSR count). The fourth-order valence-corrected chi connectivity index (χ4v) is 0.196. The van der Waals surface area contributed by atoms with Crippen LogP contribution in [-0.2, 0) is 4.84 Å². The molecule has 0 atom stereocenters. The van der Waals surface area contributed by atoms with Crippen molar-refractivity contribution in [3.8, 4) is 0 Å². The summed E-state index contributed by atoms with van der Waals surface area (Å²) < 4.78 is 0. The molecule has 56 valence electrons. The van der Waals surface area contributed by atoms with Gasteiger partial charge >= 0.3 is 6.09 Å². The van der Waals surface area contributed by atoms with Crippen molar-refractivity contribution in [2.45, 2.75) is 6.92 Å². The van der Waals surface area contributed by atoms with Crippen LogP contribution < -0.4 is 5.32 Å². The molecule has 10 heavy (non-hydrogen) atoms. The van der Waals surface area contributed by atoms with Crippen molar-refractivity contribution in [1.29, 1.82) is 0 Å². The Hall–Kier alpha value is -1.32. The molecule has 0 saturated heterocycles. The van der Waals surface area contributed by atoms with E-state index in [1.807, 2.05) is 0 Å². The third kappa shape index (κ3) is 3.65. The van der Waals surface area contributed by atoms with Gasteiger partial charge in [-0.15, -0.1) is 0 Å². The van der Waals surface area contributed by atoms with E-state index in [0.29, 0.717) is 5.71 Å². The van der Waals surface area contributed by atoms with Crippen LogP contribution in [0.15, 0.2) is 17.8 Å². The van der Waals surface area contributed by atoms with Gasteiger partial charge in [0.25, 0.3) is 0 Å². The number of hydrogen-bond donors (Lipinski definition) is 1. The highest BCUT2D eigenvalue weighted by atomic mass is 16.7. The predicted molar refractivity (Wildman–Crippen MR) is 38.8 cm³/mol. The highest BCUT2D eigenvalue weighted by Gasteiger charge is 1.93.